The Hall–Kier alpha value is -0.370. The number of Topliss-reactive ketones (excluding diaryl/α,β-unsaturated/α-hetero) is 1. The van der Waals surface area contributed by atoms with E-state index in [0.29, 0.717) is 17.8 Å². The third-order valence-electron chi connectivity index (χ3n) is 5.73. The normalized spacial score (nSPS) is 28.6. The van der Waals surface area contributed by atoms with Crippen molar-refractivity contribution in [3.05, 3.63) is 0 Å². The molecule has 2 saturated carbocycles. The van der Waals surface area contributed by atoms with Crippen molar-refractivity contribution in [1.82, 2.24) is 0 Å². The number of unbranched alkanes of at least 4 members (excludes halogenated alkanes) is 7. The zero-order chi connectivity index (χ0) is 15.6. The van der Waals surface area contributed by atoms with Gasteiger partial charge >= 0.3 is 0 Å². The van der Waals surface area contributed by atoms with E-state index in [1.165, 1.54) is 70.6 Å². The van der Waals surface area contributed by atoms with Gasteiger partial charge in [0.2, 0.25) is 0 Å². The molecule has 22 heavy (non-hydrogen) atoms. The van der Waals surface area contributed by atoms with E-state index >= 15 is 0 Å². The van der Waals surface area contributed by atoms with Crippen LogP contribution < -0.4 is 0 Å². The Kier molecular flexibility index (Phi) is 8.51. The molecule has 0 aromatic rings. The van der Waals surface area contributed by atoms with E-state index in [-0.39, 0.29) is 0 Å². The van der Waals surface area contributed by atoms with Gasteiger partial charge in [-0.25, -0.2) is 0 Å². The SMILES string of the molecule is CCCCCCCCCCOC1CCC2CC(=O)CCC2C1. The van der Waals surface area contributed by atoms with Crippen LogP contribution in [0.4, 0.5) is 0 Å². The summed E-state index contributed by atoms with van der Waals surface area (Å²) in [5, 5.41) is 0. The lowest BCUT2D eigenvalue weighted by molar-refractivity contribution is -0.124. The van der Waals surface area contributed by atoms with E-state index in [9.17, 15) is 4.79 Å². The molecule has 3 unspecified atom stereocenters. The molecule has 0 saturated heterocycles. The van der Waals surface area contributed by atoms with Gasteiger partial charge in [0.05, 0.1) is 6.10 Å². The molecule has 0 heterocycles. The van der Waals surface area contributed by atoms with Crippen molar-refractivity contribution in [2.45, 2.75) is 103 Å². The highest BCUT2D eigenvalue weighted by molar-refractivity contribution is 5.79. The maximum absolute atomic E-state index is 11.5. The number of fused-ring (bicyclic) bond motifs is 1. The van der Waals surface area contributed by atoms with Crippen LogP contribution in [0.15, 0.2) is 0 Å². The maximum Gasteiger partial charge on any atom is 0.133 e. The smallest absolute Gasteiger partial charge is 0.133 e. The van der Waals surface area contributed by atoms with Crippen molar-refractivity contribution in [3.8, 4) is 0 Å². The molecule has 128 valence electrons. The van der Waals surface area contributed by atoms with Gasteiger partial charge < -0.3 is 4.74 Å². The molecule has 0 amide bonds. The van der Waals surface area contributed by atoms with E-state index in [2.05, 4.69) is 6.92 Å². The Labute approximate surface area is 137 Å². The third kappa shape index (κ3) is 6.40. The maximum atomic E-state index is 11.5. The Morgan fingerprint density at radius 3 is 2.41 bits per heavy atom. The van der Waals surface area contributed by atoms with Gasteiger partial charge in [-0.15, -0.1) is 0 Å². The molecule has 0 aliphatic heterocycles. The summed E-state index contributed by atoms with van der Waals surface area (Å²) in [6.07, 6.45) is 17.8. The fourth-order valence-electron chi connectivity index (χ4n) is 4.28. The minimum absolute atomic E-state index is 0.485. The van der Waals surface area contributed by atoms with Crippen LogP contribution in [-0.4, -0.2) is 18.5 Å². The molecule has 2 aliphatic rings. The molecular weight excluding hydrogens is 272 g/mol. The predicted molar refractivity (Wildman–Crippen MR) is 92.0 cm³/mol. The molecule has 2 rings (SSSR count). The van der Waals surface area contributed by atoms with Gasteiger partial charge in [0.1, 0.15) is 5.78 Å². The first kappa shape index (κ1) is 18.0. The van der Waals surface area contributed by atoms with Gasteiger partial charge in [-0.05, 0) is 43.9 Å². The lowest BCUT2D eigenvalue weighted by Gasteiger charge is -2.38. The van der Waals surface area contributed by atoms with Crippen molar-refractivity contribution in [1.29, 1.82) is 0 Å². The fourth-order valence-corrected chi connectivity index (χ4v) is 4.28. The van der Waals surface area contributed by atoms with Crippen LogP contribution in [0.3, 0.4) is 0 Å². The summed E-state index contributed by atoms with van der Waals surface area (Å²) in [5.41, 5.74) is 0. The van der Waals surface area contributed by atoms with E-state index in [0.717, 1.165) is 31.8 Å². The topological polar surface area (TPSA) is 26.3 Å². The molecule has 0 aromatic carbocycles. The number of carbonyl (C=O) groups is 1. The second-order valence-electron chi connectivity index (χ2n) is 7.58. The molecule has 0 aromatic heterocycles. The lowest BCUT2D eigenvalue weighted by Crippen LogP contribution is -2.34. The van der Waals surface area contributed by atoms with E-state index in [4.69, 9.17) is 4.74 Å². The minimum Gasteiger partial charge on any atom is -0.378 e. The van der Waals surface area contributed by atoms with E-state index in [1.54, 1.807) is 0 Å². The van der Waals surface area contributed by atoms with Crippen molar-refractivity contribution in [3.63, 3.8) is 0 Å². The fraction of sp³-hybridized carbons (Fsp3) is 0.950. The van der Waals surface area contributed by atoms with Gasteiger partial charge in [0.15, 0.2) is 0 Å². The molecule has 2 fully saturated rings. The van der Waals surface area contributed by atoms with Gasteiger partial charge in [-0.1, -0.05) is 51.9 Å². The Balaban J connectivity index is 1.46. The molecule has 0 spiro atoms. The monoisotopic (exact) mass is 308 g/mol. The standard InChI is InChI=1S/C20H36O2/c1-2-3-4-5-6-7-8-9-14-22-20-13-11-17-15-19(21)12-10-18(17)16-20/h17-18,20H,2-16H2,1H3. The first-order valence-corrected chi connectivity index (χ1v) is 9.93. The van der Waals surface area contributed by atoms with Crippen molar-refractivity contribution in [2.75, 3.05) is 6.61 Å². The highest BCUT2D eigenvalue weighted by atomic mass is 16.5. The van der Waals surface area contributed by atoms with Crippen LogP contribution in [0, 0.1) is 11.8 Å². The Bertz CT molecular complexity index is 313. The molecule has 0 radical (unpaired) electrons. The zero-order valence-corrected chi connectivity index (χ0v) is 14.7. The van der Waals surface area contributed by atoms with Crippen LogP contribution in [0.1, 0.15) is 96.8 Å². The predicted octanol–water partition coefficient (Wildman–Crippen LogP) is 5.68. The quantitative estimate of drug-likeness (QED) is 0.485. The number of rotatable bonds is 10. The molecule has 2 aliphatic carbocycles. The van der Waals surface area contributed by atoms with Gasteiger partial charge in [0.25, 0.3) is 0 Å². The first-order valence-electron chi connectivity index (χ1n) is 9.93. The van der Waals surface area contributed by atoms with Crippen LogP contribution in [0.2, 0.25) is 0 Å². The number of ketones is 1. The summed E-state index contributed by atoms with van der Waals surface area (Å²) < 4.78 is 6.12. The first-order chi connectivity index (χ1) is 10.8. The average Bonchev–Trinajstić information content (AvgIpc) is 2.53. The highest BCUT2D eigenvalue weighted by Crippen LogP contribution is 2.40. The second kappa shape index (κ2) is 10.4. The number of carbonyl (C=O) groups excluding carboxylic acids is 1. The molecule has 2 heteroatoms. The number of ether oxygens (including phenoxy) is 1. The van der Waals surface area contributed by atoms with Crippen molar-refractivity contribution in [2.24, 2.45) is 11.8 Å². The van der Waals surface area contributed by atoms with Gasteiger partial charge in [-0.3, -0.25) is 4.79 Å². The number of hydrogen-bond donors (Lipinski definition) is 0. The zero-order valence-electron chi connectivity index (χ0n) is 14.7. The minimum atomic E-state index is 0.485. The summed E-state index contributed by atoms with van der Waals surface area (Å²) in [5.74, 6) is 1.96. The van der Waals surface area contributed by atoms with E-state index in [1.807, 2.05) is 0 Å². The van der Waals surface area contributed by atoms with Crippen LogP contribution >= 0.6 is 0 Å². The van der Waals surface area contributed by atoms with Crippen molar-refractivity contribution < 1.29 is 9.53 Å². The third-order valence-corrected chi connectivity index (χ3v) is 5.73. The van der Waals surface area contributed by atoms with Gasteiger partial charge in [0, 0.05) is 19.4 Å². The Morgan fingerprint density at radius 1 is 0.909 bits per heavy atom. The molecule has 3 atom stereocenters. The summed E-state index contributed by atoms with van der Waals surface area (Å²) in [4.78, 5) is 11.5. The summed E-state index contributed by atoms with van der Waals surface area (Å²) in [6.45, 7) is 3.23. The molecular formula is C20H36O2. The lowest BCUT2D eigenvalue weighted by atomic mass is 9.70. The summed E-state index contributed by atoms with van der Waals surface area (Å²) in [6, 6.07) is 0. The van der Waals surface area contributed by atoms with Gasteiger partial charge in [-0.2, -0.15) is 0 Å². The molecule has 0 bridgehead atoms. The molecule has 0 N–H and O–H groups in total. The van der Waals surface area contributed by atoms with E-state index < -0.39 is 0 Å². The van der Waals surface area contributed by atoms with Crippen molar-refractivity contribution >= 4 is 5.78 Å². The van der Waals surface area contributed by atoms with Crippen LogP contribution in [-0.2, 0) is 9.53 Å². The average molecular weight is 309 g/mol. The summed E-state index contributed by atoms with van der Waals surface area (Å²) >= 11 is 0. The highest BCUT2D eigenvalue weighted by Gasteiger charge is 2.35. The number of hydrogen-bond acceptors (Lipinski definition) is 2. The van der Waals surface area contributed by atoms with Crippen LogP contribution in [0.25, 0.3) is 0 Å². The summed E-state index contributed by atoms with van der Waals surface area (Å²) in [7, 11) is 0. The van der Waals surface area contributed by atoms with Crippen LogP contribution in [0.5, 0.6) is 0 Å². The largest absolute Gasteiger partial charge is 0.378 e. The second-order valence-corrected chi connectivity index (χ2v) is 7.58. The molecule has 2 nitrogen and oxygen atoms in total. The Morgan fingerprint density at radius 2 is 1.64 bits per heavy atom.